The summed E-state index contributed by atoms with van der Waals surface area (Å²) in [6.45, 7) is 1.80. The van der Waals surface area contributed by atoms with Crippen molar-refractivity contribution < 1.29 is 22.7 Å². The lowest BCUT2D eigenvalue weighted by Gasteiger charge is -2.14. The molecule has 0 fully saturated rings. The van der Waals surface area contributed by atoms with Crippen molar-refractivity contribution in [3.05, 3.63) is 59.9 Å². The number of benzene rings is 1. The van der Waals surface area contributed by atoms with Gasteiger partial charge in [0, 0.05) is 18.0 Å². The third-order valence-corrected chi connectivity index (χ3v) is 2.90. The Labute approximate surface area is 124 Å². The van der Waals surface area contributed by atoms with Crippen molar-refractivity contribution in [2.45, 2.75) is 19.3 Å². The minimum absolute atomic E-state index is 0.246. The van der Waals surface area contributed by atoms with Crippen LogP contribution in [0.2, 0.25) is 0 Å². The maximum absolute atomic E-state index is 12.1. The number of alkyl halides is 3. The van der Waals surface area contributed by atoms with Crippen molar-refractivity contribution >= 4 is 5.91 Å². The zero-order valence-electron chi connectivity index (χ0n) is 11.6. The number of nitrogens with one attached hydrogen (secondary N) is 1. The number of hydrogen-bond acceptors (Lipinski definition) is 3. The van der Waals surface area contributed by atoms with E-state index >= 15 is 0 Å². The lowest BCUT2D eigenvalue weighted by atomic mass is 10.1. The van der Waals surface area contributed by atoms with Crippen LogP contribution in [0.1, 0.15) is 28.9 Å². The van der Waals surface area contributed by atoms with Crippen LogP contribution in [0.3, 0.4) is 0 Å². The predicted molar refractivity (Wildman–Crippen MR) is 73.2 cm³/mol. The van der Waals surface area contributed by atoms with Crippen molar-refractivity contribution in [3.8, 4) is 5.75 Å². The summed E-state index contributed by atoms with van der Waals surface area (Å²) >= 11 is 0. The van der Waals surface area contributed by atoms with E-state index in [0.717, 1.165) is 17.7 Å². The van der Waals surface area contributed by atoms with E-state index in [-0.39, 0.29) is 23.3 Å². The molecule has 7 heteroatoms. The van der Waals surface area contributed by atoms with Crippen molar-refractivity contribution in [2.24, 2.45) is 0 Å². The molecule has 22 heavy (non-hydrogen) atoms. The number of hydrogen-bond donors (Lipinski definition) is 1. The smallest absolute Gasteiger partial charge is 0.406 e. The highest BCUT2D eigenvalue weighted by Gasteiger charge is 2.31. The third kappa shape index (κ3) is 4.47. The molecule has 1 atom stereocenters. The first-order chi connectivity index (χ1) is 10.3. The van der Waals surface area contributed by atoms with Gasteiger partial charge in [-0.15, -0.1) is 13.2 Å². The van der Waals surface area contributed by atoms with Crippen LogP contribution in [0.15, 0.2) is 48.8 Å². The Bertz CT molecular complexity index is 627. The highest BCUT2D eigenvalue weighted by Crippen LogP contribution is 2.23. The molecule has 0 aliphatic heterocycles. The fourth-order valence-corrected chi connectivity index (χ4v) is 1.82. The Balaban J connectivity index is 2.01. The monoisotopic (exact) mass is 310 g/mol. The summed E-state index contributed by atoms with van der Waals surface area (Å²) in [5.74, 6) is -0.755. The number of carbonyl (C=O) groups excluding carboxylic acids is 1. The van der Waals surface area contributed by atoms with E-state index in [1.54, 1.807) is 31.5 Å². The van der Waals surface area contributed by atoms with Gasteiger partial charge in [-0.1, -0.05) is 0 Å². The SMILES string of the molecule is C[C@H](NC(=O)c1ccc(OC(F)(F)F)cc1)c1ccncc1. The van der Waals surface area contributed by atoms with Gasteiger partial charge in [0.2, 0.25) is 0 Å². The van der Waals surface area contributed by atoms with Crippen LogP contribution in [0.5, 0.6) is 5.75 Å². The van der Waals surface area contributed by atoms with Crippen LogP contribution in [0, 0.1) is 0 Å². The Kier molecular flexibility index (Phi) is 4.65. The van der Waals surface area contributed by atoms with Crippen molar-refractivity contribution in [1.29, 1.82) is 0 Å². The summed E-state index contributed by atoms with van der Waals surface area (Å²) in [6.07, 6.45) is -1.53. The average molecular weight is 310 g/mol. The molecular weight excluding hydrogens is 297 g/mol. The van der Waals surface area contributed by atoms with Crippen LogP contribution < -0.4 is 10.1 Å². The number of aromatic nitrogens is 1. The summed E-state index contributed by atoms with van der Waals surface area (Å²) in [7, 11) is 0. The van der Waals surface area contributed by atoms with Gasteiger partial charge < -0.3 is 10.1 Å². The second kappa shape index (κ2) is 6.46. The van der Waals surface area contributed by atoms with Crippen LogP contribution >= 0.6 is 0 Å². The molecule has 116 valence electrons. The maximum atomic E-state index is 12.1. The number of pyridine rings is 1. The van der Waals surface area contributed by atoms with Crippen LogP contribution in [0.25, 0.3) is 0 Å². The van der Waals surface area contributed by atoms with Crippen molar-refractivity contribution in [2.75, 3.05) is 0 Å². The molecule has 2 rings (SSSR count). The topological polar surface area (TPSA) is 51.2 Å². The van der Waals surface area contributed by atoms with Gasteiger partial charge in [0.25, 0.3) is 5.91 Å². The predicted octanol–water partition coefficient (Wildman–Crippen LogP) is 3.47. The summed E-state index contributed by atoms with van der Waals surface area (Å²) < 4.78 is 39.9. The standard InChI is InChI=1S/C15H13F3N2O2/c1-10(11-6-8-19-9-7-11)20-14(21)12-2-4-13(5-3-12)22-15(16,17)18/h2-10H,1H3,(H,20,21)/t10-/m0/s1. The lowest BCUT2D eigenvalue weighted by Crippen LogP contribution is -2.26. The van der Waals surface area contributed by atoms with E-state index in [4.69, 9.17) is 0 Å². The van der Waals surface area contributed by atoms with E-state index in [0.29, 0.717) is 0 Å². The molecule has 1 aromatic carbocycles. The van der Waals surface area contributed by atoms with E-state index in [1.807, 2.05) is 0 Å². The van der Waals surface area contributed by atoms with Crippen molar-refractivity contribution in [1.82, 2.24) is 10.3 Å². The fraction of sp³-hybridized carbons (Fsp3) is 0.200. The van der Waals surface area contributed by atoms with Crippen LogP contribution in [0.4, 0.5) is 13.2 Å². The van der Waals surface area contributed by atoms with Gasteiger partial charge in [-0.3, -0.25) is 9.78 Å². The first-order valence-corrected chi connectivity index (χ1v) is 6.42. The van der Waals surface area contributed by atoms with E-state index in [1.165, 1.54) is 12.1 Å². The van der Waals surface area contributed by atoms with Gasteiger partial charge in [0.15, 0.2) is 0 Å². The Morgan fingerprint density at radius 3 is 2.27 bits per heavy atom. The fourth-order valence-electron chi connectivity index (χ4n) is 1.82. The number of nitrogens with zero attached hydrogens (tertiary/aromatic N) is 1. The van der Waals surface area contributed by atoms with Gasteiger partial charge in [-0.05, 0) is 48.9 Å². The van der Waals surface area contributed by atoms with E-state index in [2.05, 4.69) is 15.0 Å². The molecule has 1 N–H and O–H groups in total. The zero-order chi connectivity index (χ0) is 16.2. The number of halogens is 3. The van der Waals surface area contributed by atoms with E-state index < -0.39 is 6.36 Å². The minimum atomic E-state index is -4.75. The lowest BCUT2D eigenvalue weighted by molar-refractivity contribution is -0.274. The summed E-state index contributed by atoms with van der Waals surface area (Å²) in [5, 5.41) is 2.75. The minimum Gasteiger partial charge on any atom is -0.406 e. The summed E-state index contributed by atoms with van der Waals surface area (Å²) in [4.78, 5) is 15.9. The van der Waals surface area contributed by atoms with Gasteiger partial charge in [-0.2, -0.15) is 0 Å². The molecule has 0 saturated carbocycles. The van der Waals surface area contributed by atoms with Crippen LogP contribution in [-0.4, -0.2) is 17.3 Å². The Morgan fingerprint density at radius 2 is 1.73 bits per heavy atom. The molecular formula is C15H13F3N2O2. The second-order valence-corrected chi connectivity index (χ2v) is 4.55. The molecule has 1 amide bonds. The van der Waals surface area contributed by atoms with Gasteiger partial charge in [0.1, 0.15) is 5.75 Å². The molecule has 2 aromatic rings. The molecule has 1 aromatic heterocycles. The molecule has 4 nitrogen and oxygen atoms in total. The molecule has 0 bridgehead atoms. The first-order valence-electron chi connectivity index (χ1n) is 6.42. The Hall–Kier alpha value is -2.57. The summed E-state index contributed by atoms with van der Waals surface area (Å²) in [6, 6.07) is 8.03. The molecule has 0 aliphatic carbocycles. The van der Waals surface area contributed by atoms with Gasteiger partial charge in [-0.25, -0.2) is 0 Å². The zero-order valence-corrected chi connectivity index (χ0v) is 11.6. The summed E-state index contributed by atoms with van der Waals surface area (Å²) in [5.41, 5.74) is 1.12. The van der Waals surface area contributed by atoms with Crippen LogP contribution in [-0.2, 0) is 0 Å². The molecule has 0 aliphatic rings. The quantitative estimate of drug-likeness (QED) is 0.940. The first kappa shape index (κ1) is 15.8. The second-order valence-electron chi connectivity index (χ2n) is 4.55. The molecule has 0 radical (unpaired) electrons. The highest BCUT2D eigenvalue weighted by atomic mass is 19.4. The molecule has 0 saturated heterocycles. The number of amides is 1. The average Bonchev–Trinajstić information content (AvgIpc) is 2.47. The number of carbonyl (C=O) groups is 1. The van der Waals surface area contributed by atoms with Gasteiger partial charge in [0.05, 0.1) is 6.04 Å². The largest absolute Gasteiger partial charge is 0.573 e. The molecule has 1 heterocycles. The maximum Gasteiger partial charge on any atom is 0.573 e. The number of rotatable bonds is 4. The van der Waals surface area contributed by atoms with Gasteiger partial charge >= 0.3 is 6.36 Å². The third-order valence-electron chi connectivity index (χ3n) is 2.90. The molecule has 0 spiro atoms. The normalized spacial score (nSPS) is 12.5. The Morgan fingerprint density at radius 1 is 1.14 bits per heavy atom. The van der Waals surface area contributed by atoms with Crippen molar-refractivity contribution in [3.63, 3.8) is 0 Å². The molecule has 0 unspecified atom stereocenters. The highest BCUT2D eigenvalue weighted by molar-refractivity contribution is 5.94. The number of ether oxygens (including phenoxy) is 1. The van der Waals surface area contributed by atoms with E-state index in [9.17, 15) is 18.0 Å².